The largest absolute Gasteiger partial charge is 0.464 e. The molecular formula is C34H38F3O2S+. The third kappa shape index (κ3) is 5.80. The van der Waals surface area contributed by atoms with Crippen LogP contribution in [0.1, 0.15) is 57.9 Å². The summed E-state index contributed by atoms with van der Waals surface area (Å²) in [5, 5.41) is 0. The quantitative estimate of drug-likeness (QED) is 0.189. The zero-order valence-electron chi connectivity index (χ0n) is 23.2. The van der Waals surface area contributed by atoms with Gasteiger partial charge < -0.3 is 9.47 Å². The van der Waals surface area contributed by atoms with E-state index in [4.69, 9.17) is 9.47 Å². The van der Waals surface area contributed by atoms with E-state index in [1.54, 1.807) is 12.1 Å². The number of benzene rings is 3. The lowest BCUT2D eigenvalue weighted by molar-refractivity contribution is -0.172. The standard InChI is InChI=1S/C34H38F3O2S/c1-23(2)32(38-22-33-19-24-15-25(20-33)17-26(16-24)21-33)39-31-18-29(13-14-30(31)34(35,36)37)40(27-9-5-3-6-10-27)28-11-7-4-8-12-28/h3-14,18,23-26,32H,15-17,19-22H2,1-2H3/q+1. The van der Waals surface area contributed by atoms with Crippen LogP contribution < -0.4 is 4.74 Å². The van der Waals surface area contributed by atoms with Crippen molar-refractivity contribution in [2.75, 3.05) is 6.61 Å². The summed E-state index contributed by atoms with van der Waals surface area (Å²) in [5.74, 6) is 2.11. The number of hydrogen-bond donors (Lipinski definition) is 0. The van der Waals surface area contributed by atoms with Crippen LogP contribution in [0, 0.1) is 29.1 Å². The lowest BCUT2D eigenvalue weighted by Crippen LogP contribution is -2.49. The van der Waals surface area contributed by atoms with Gasteiger partial charge in [0, 0.05) is 12.0 Å². The molecule has 7 rings (SSSR count). The highest BCUT2D eigenvalue weighted by Gasteiger charge is 2.51. The number of hydrogen-bond acceptors (Lipinski definition) is 2. The van der Waals surface area contributed by atoms with E-state index < -0.39 is 28.9 Å². The Morgan fingerprint density at radius 2 is 1.30 bits per heavy atom. The molecule has 4 fully saturated rings. The third-order valence-electron chi connectivity index (χ3n) is 8.96. The maximum Gasteiger partial charge on any atom is 0.419 e. The van der Waals surface area contributed by atoms with Gasteiger partial charge in [-0.2, -0.15) is 13.2 Å². The van der Waals surface area contributed by atoms with Crippen LogP contribution in [0.25, 0.3) is 0 Å². The van der Waals surface area contributed by atoms with Gasteiger partial charge in [0.2, 0.25) is 6.29 Å². The van der Waals surface area contributed by atoms with Crippen LogP contribution >= 0.6 is 0 Å². The minimum absolute atomic E-state index is 0.0971. The molecular weight excluding hydrogens is 529 g/mol. The van der Waals surface area contributed by atoms with Gasteiger partial charge in [-0.1, -0.05) is 50.2 Å². The molecule has 0 aliphatic heterocycles. The molecule has 4 saturated carbocycles. The summed E-state index contributed by atoms with van der Waals surface area (Å²) in [7, 11) is -0.585. The topological polar surface area (TPSA) is 18.5 Å². The zero-order valence-corrected chi connectivity index (χ0v) is 24.0. The molecule has 3 aromatic carbocycles. The zero-order chi connectivity index (χ0) is 27.9. The van der Waals surface area contributed by atoms with E-state index in [1.165, 1.54) is 44.6 Å². The maximum atomic E-state index is 14.3. The van der Waals surface area contributed by atoms with E-state index in [9.17, 15) is 13.2 Å². The Bertz CT molecular complexity index is 1220. The van der Waals surface area contributed by atoms with Crippen molar-refractivity contribution in [2.24, 2.45) is 29.1 Å². The van der Waals surface area contributed by atoms with Crippen LogP contribution in [0.15, 0.2) is 93.5 Å². The first-order valence-electron chi connectivity index (χ1n) is 14.5. The lowest BCUT2D eigenvalue weighted by atomic mass is 9.50. The van der Waals surface area contributed by atoms with Crippen molar-refractivity contribution in [2.45, 2.75) is 79.5 Å². The normalized spacial score (nSPS) is 26.4. The predicted molar refractivity (Wildman–Crippen MR) is 152 cm³/mol. The van der Waals surface area contributed by atoms with Crippen LogP contribution in [0.4, 0.5) is 13.2 Å². The van der Waals surface area contributed by atoms with Crippen molar-refractivity contribution in [3.05, 3.63) is 84.4 Å². The molecule has 4 bridgehead atoms. The van der Waals surface area contributed by atoms with Gasteiger partial charge in [0.05, 0.1) is 23.1 Å². The molecule has 4 aliphatic carbocycles. The van der Waals surface area contributed by atoms with Crippen molar-refractivity contribution in [1.29, 1.82) is 0 Å². The first kappa shape index (κ1) is 27.7. The molecule has 6 heteroatoms. The molecule has 0 N–H and O–H groups in total. The highest BCUT2D eigenvalue weighted by Crippen LogP contribution is 2.60. The van der Waals surface area contributed by atoms with Gasteiger partial charge in [-0.15, -0.1) is 0 Å². The molecule has 212 valence electrons. The van der Waals surface area contributed by atoms with E-state index in [1.807, 2.05) is 74.5 Å². The molecule has 0 aromatic heterocycles. The Labute approximate surface area is 238 Å². The van der Waals surface area contributed by atoms with Gasteiger partial charge in [-0.25, -0.2) is 0 Å². The predicted octanol–water partition coefficient (Wildman–Crippen LogP) is 9.39. The molecule has 0 heterocycles. The average Bonchev–Trinajstić information content (AvgIpc) is 2.91. The number of rotatable bonds is 9. The fourth-order valence-electron chi connectivity index (χ4n) is 7.70. The summed E-state index contributed by atoms with van der Waals surface area (Å²) in [6.07, 6.45) is 2.30. The second kappa shape index (κ2) is 11.1. The van der Waals surface area contributed by atoms with Gasteiger partial charge in [0.15, 0.2) is 14.7 Å². The van der Waals surface area contributed by atoms with E-state index in [0.717, 1.165) is 32.4 Å². The monoisotopic (exact) mass is 567 g/mol. The fraction of sp³-hybridized carbons (Fsp3) is 0.471. The Balaban J connectivity index is 1.30. The molecule has 0 spiro atoms. The first-order valence-corrected chi connectivity index (χ1v) is 15.8. The maximum absolute atomic E-state index is 14.3. The smallest absolute Gasteiger partial charge is 0.419 e. The molecule has 1 unspecified atom stereocenters. The molecule has 3 aromatic rings. The lowest BCUT2D eigenvalue weighted by Gasteiger charge is -2.56. The average molecular weight is 568 g/mol. The fourth-order valence-corrected chi connectivity index (χ4v) is 9.80. The molecule has 0 amide bonds. The Morgan fingerprint density at radius 3 is 1.77 bits per heavy atom. The summed E-state index contributed by atoms with van der Waals surface area (Å²) in [5.41, 5.74) is -0.600. The molecule has 1 atom stereocenters. The Hall–Kier alpha value is -2.44. The van der Waals surface area contributed by atoms with Gasteiger partial charge in [0.1, 0.15) is 5.75 Å². The Kier molecular flexibility index (Phi) is 7.69. The highest BCUT2D eigenvalue weighted by atomic mass is 32.2. The van der Waals surface area contributed by atoms with Gasteiger partial charge in [-0.05, 0) is 98.1 Å². The summed E-state index contributed by atoms with van der Waals surface area (Å²) < 4.78 is 55.4. The third-order valence-corrected chi connectivity index (χ3v) is 11.2. The summed E-state index contributed by atoms with van der Waals surface area (Å²) >= 11 is 0. The van der Waals surface area contributed by atoms with Crippen molar-refractivity contribution in [3.8, 4) is 5.75 Å². The van der Waals surface area contributed by atoms with Crippen molar-refractivity contribution in [3.63, 3.8) is 0 Å². The van der Waals surface area contributed by atoms with Crippen LogP contribution in [-0.2, 0) is 21.8 Å². The second-order valence-electron chi connectivity index (χ2n) is 12.5. The van der Waals surface area contributed by atoms with Crippen molar-refractivity contribution in [1.82, 2.24) is 0 Å². The summed E-state index contributed by atoms with van der Waals surface area (Å²) in [4.78, 5) is 2.86. The van der Waals surface area contributed by atoms with Crippen molar-refractivity contribution < 1.29 is 22.6 Å². The van der Waals surface area contributed by atoms with E-state index >= 15 is 0 Å². The van der Waals surface area contributed by atoms with Gasteiger partial charge in [0.25, 0.3) is 0 Å². The van der Waals surface area contributed by atoms with Crippen molar-refractivity contribution >= 4 is 10.9 Å². The van der Waals surface area contributed by atoms with Crippen LogP contribution in [0.5, 0.6) is 5.75 Å². The Morgan fingerprint density at radius 1 is 0.775 bits per heavy atom. The molecule has 0 radical (unpaired) electrons. The minimum atomic E-state index is -4.53. The minimum Gasteiger partial charge on any atom is -0.464 e. The van der Waals surface area contributed by atoms with E-state index in [-0.39, 0.29) is 17.1 Å². The van der Waals surface area contributed by atoms with Crippen LogP contribution in [0.2, 0.25) is 0 Å². The van der Waals surface area contributed by atoms with Gasteiger partial charge >= 0.3 is 6.18 Å². The summed E-state index contributed by atoms with van der Waals surface area (Å²) in [6, 6.07) is 24.2. The summed E-state index contributed by atoms with van der Waals surface area (Å²) in [6.45, 7) is 4.48. The van der Waals surface area contributed by atoms with Crippen LogP contribution in [0.3, 0.4) is 0 Å². The second-order valence-corrected chi connectivity index (χ2v) is 14.6. The number of alkyl halides is 3. The number of halogens is 3. The number of ether oxygens (including phenoxy) is 2. The van der Waals surface area contributed by atoms with E-state index in [2.05, 4.69) is 0 Å². The molecule has 4 aliphatic rings. The highest BCUT2D eigenvalue weighted by molar-refractivity contribution is 7.97. The first-order chi connectivity index (χ1) is 19.2. The molecule has 2 nitrogen and oxygen atoms in total. The van der Waals surface area contributed by atoms with Crippen LogP contribution in [-0.4, -0.2) is 12.9 Å². The van der Waals surface area contributed by atoms with E-state index in [0.29, 0.717) is 6.61 Å². The van der Waals surface area contributed by atoms with Gasteiger partial charge in [-0.3, -0.25) is 0 Å². The molecule has 40 heavy (non-hydrogen) atoms. The SMILES string of the molecule is CC(C)C(OCC12CC3CC(CC(C3)C1)C2)Oc1cc([S+](c2ccccc2)c2ccccc2)ccc1C(F)(F)F. The molecule has 0 saturated heterocycles.